The lowest BCUT2D eigenvalue weighted by molar-refractivity contribution is 0.486. The zero-order chi connectivity index (χ0) is 18.3. The zero-order valence-electron chi connectivity index (χ0n) is 14.2. The molecule has 0 fully saturated rings. The number of benzene rings is 3. The van der Waals surface area contributed by atoms with E-state index in [1.807, 2.05) is 18.2 Å². The summed E-state index contributed by atoms with van der Waals surface area (Å²) in [6, 6.07) is 16.8. The first-order chi connectivity index (χ1) is 12.6. The van der Waals surface area contributed by atoms with Crippen LogP contribution in [0.1, 0.15) is 18.9 Å². The number of hydrogen-bond acceptors (Lipinski definition) is 2. The molecule has 26 heavy (non-hydrogen) atoms. The largest absolute Gasteiger partial charge is 0.441 e. The predicted octanol–water partition coefficient (Wildman–Crippen LogP) is 7.21. The van der Waals surface area contributed by atoms with E-state index in [1.165, 1.54) is 11.6 Å². The normalized spacial score (nSPS) is 11.3. The highest BCUT2D eigenvalue weighted by atomic mass is 32.1. The molecule has 0 amide bonds. The second kappa shape index (κ2) is 6.61. The molecule has 1 nitrogen and oxygen atoms in total. The molecule has 0 spiro atoms. The van der Waals surface area contributed by atoms with Crippen molar-refractivity contribution in [3.8, 4) is 11.1 Å². The summed E-state index contributed by atoms with van der Waals surface area (Å²) < 4.78 is 33.1. The van der Waals surface area contributed by atoms with Crippen LogP contribution in [0.4, 0.5) is 8.78 Å². The van der Waals surface area contributed by atoms with Crippen LogP contribution in [-0.4, -0.2) is 0 Å². The van der Waals surface area contributed by atoms with Gasteiger partial charge in [0.2, 0.25) is 5.82 Å². The fraction of sp³-hybridized carbons (Fsp3) is 0.136. The Morgan fingerprint density at radius 1 is 0.846 bits per heavy atom. The smallest absolute Gasteiger partial charge is 0.201 e. The van der Waals surface area contributed by atoms with Gasteiger partial charge in [0, 0.05) is 10.8 Å². The molecule has 0 aliphatic heterocycles. The first kappa shape index (κ1) is 16.9. The number of fused-ring (bicyclic) bond motifs is 3. The SMILES string of the molecule is CCCc1ccc(-c2ccc3c(c2)c(=S)oc2c(F)c(F)ccc23)cc1. The highest BCUT2D eigenvalue weighted by Gasteiger charge is 2.14. The molecule has 0 saturated heterocycles. The van der Waals surface area contributed by atoms with E-state index in [9.17, 15) is 8.78 Å². The topological polar surface area (TPSA) is 13.1 Å². The Hall–Kier alpha value is -2.59. The number of aryl methyl sites for hydroxylation is 1. The highest BCUT2D eigenvalue weighted by molar-refractivity contribution is 7.71. The molecule has 3 aromatic carbocycles. The monoisotopic (exact) mass is 366 g/mol. The van der Waals surface area contributed by atoms with Gasteiger partial charge in [0.25, 0.3) is 0 Å². The average Bonchev–Trinajstić information content (AvgIpc) is 2.66. The van der Waals surface area contributed by atoms with Crippen LogP contribution < -0.4 is 0 Å². The van der Waals surface area contributed by atoms with Crippen LogP contribution in [0.25, 0.3) is 32.9 Å². The highest BCUT2D eigenvalue weighted by Crippen LogP contribution is 2.32. The van der Waals surface area contributed by atoms with Crippen LogP contribution in [-0.2, 0) is 6.42 Å². The predicted molar refractivity (Wildman–Crippen MR) is 104 cm³/mol. The minimum absolute atomic E-state index is 0.140. The van der Waals surface area contributed by atoms with E-state index < -0.39 is 11.6 Å². The van der Waals surface area contributed by atoms with Crippen LogP contribution in [0.2, 0.25) is 0 Å². The molecule has 0 unspecified atom stereocenters. The molecule has 4 aromatic rings. The van der Waals surface area contributed by atoms with E-state index in [1.54, 1.807) is 0 Å². The van der Waals surface area contributed by atoms with Crippen molar-refractivity contribution in [2.45, 2.75) is 19.8 Å². The molecular formula is C22H16F2OS. The van der Waals surface area contributed by atoms with Gasteiger partial charge in [-0.15, -0.1) is 0 Å². The molecule has 1 aromatic heterocycles. The fourth-order valence-electron chi connectivity index (χ4n) is 3.27. The van der Waals surface area contributed by atoms with Gasteiger partial charge in [-0.25, -0.2) is 4.39 Å². The number of hydrogen-bond donors (Lipinski definition) is 0. The van der Waals surface area contributed by atoms with E-state index in [0.29, 0.717) is 10.8 Å². The summed E-state index contributed by atoms with van der Waals surface area (Å²) in [5.41, 5.74) is 3.24. The third kappa shape index (κ3) is 2.80. The Morgan fingerprint density at radius 3 is 2.27 bits per heavy atom. The van der Waals surface area contributed by atoms with Gasteiger partial charge < -0.3 is 4.42 Å². The van der Waals surface area contributed by atoms with E-state index in [2.05, 4.69) is 31.2 Å². The van der Waals surface area contributed by atoms with Gasteiger partial charge in [-0.2, -0.15) is 4.39 Å². The summed E-state index contributed by atoms with van der Waals surface area (Å²) in [5, 5.41) is 1.98. The van der Waals surface area contributed by atoms with E-state index >= 15 is 0 Å². The van der Waals surface area contributed by atoms with Crippen LogP contribution in [0.15, 0.2) is 59.0 Å². The maximum atomic E-state index is 14.0. The molecule has 1 heterocycles. The molecule has 0 radical (unpaired) electrons. The Balaban J connectivity index is 1.90. The fourth-order valence-corrected chi connectivity index (χ4v) is 3.52. The standard InChI is InChI=1S/C22H16F2OS/c1-2-3-13-4-6-14(7-5-13)15-8-9-16-17-10-11-19(23)20(24)21(17)25-22(26)18(16)12-15/h4-12H,2-3H2,1H3. The van der Waals surface area contributed by atoms with Gasteiger partial charge in [0.1, 0.15) is 0 Å². The van der Waals surface area contributed by atoms with Gasteiger partial charge >= 0.3 is 0 Å². The van der Waals surface area contributed by atoms with Crippen LogP contribution in [0.5, 0.6) is 0 Å². The minimum atomic E-state index is -1.01. The zero-order valence-corrected chi connectivity index (χ0v) is 15.0. The van der Waals surface area contributed by atoms with Crippen molar-refractivity contribution >= 4 is 34.0 Å². The van der Waals surface area contributed by atoms with Crippen molar-refractivity contribution in [1.82, 2.24) is 0 Å². The van der Waals surface area contributed by atoms with E-state index in [-0.39, 0.29) is 10.3 Å². The van der Waals surface area contributed by atoms with Crippen molar-refractivity contribution in [1.29, 1.82) is 0 Å². The minimum Gasteiger partial charge on any atom is -0.441 e. The summed E-state index contributed by atoms with van der Waals surface area (Å²) in [7, 11) is 0. The molecule has 4 heteroatoms. The first-order valence-electron chi connectivity index (χ1n) is 8.52. The summed E-state index contributed by atoms with van der Waals surface area (Å²) in [4.78, 5) is 0. The maximum absolute atomic E-state index is 14.0. The van der Waals surface area contributed by atoms with Crippen molar-refractivity contribution in [3.05, 3.63) is 76.5 Å². The van der Waals surface area contributed by atoms with Gasteiger partial charge in [-0.3, -0.25) is 0 Å². The molecule has 0 aliphatic rings. The summed E-state index contributed by atoms with van der Waals surface area (Å²) in [5.74, 6) is -1.95. The van der Waals surface area contributed by atoms with Gasteiger partial charge in [-0.05, 0) is 58.9 Å². The van der Waals surface area contributed by atoms with E-state index in [0.717, 1.165) is 35.4 Å². The third-order valence-electron chi connectivity index (χ3n) is 4.60. The van der Waals surface area contributed by atoms with Crippen molar-refractivity contribution < 1.29 is 13.2 Å². The van der Waals surface area contributed by atoms with Gasteiger partial charge in [0.15, 0.2) is 16.1 Å². The molecule has 0 saturated carbocycles. The average molecular weight is 366 g/mol. The second-order valence-corrected chi connectivity index (χ2v) is 6.71. The molecule has 0 N–H and O–H groups in total. The lowest BCUT2D eigenvalue weighted by Gasteiger charge is -2.08. The Morgan fingerprint density at radius 2 is 1.54 bits per heavy atom. The van der Waals surface area contributed by atoms with Crippen molar-refractivity contribution in [2.24, 2.45) is 0 Å². The molecule has 0 atom stereocenters. The second-order valence-electron chi connectivity index (χ2n) is 6.33. The van der Waals surface area contributed by atoms with Crippen molar-refractivity contribution in [3.63, 3.8) is 0 Å². The summed E-state index contributed by atoms with van der Waals surface area (Å²) in [6.07, 6.45) is 2.17. The Bertz CT molecular complexity index is 1180. The lowest BCUT2D eigenvalue weighted by atomic mass is 9.99. The Labute approximate surface area is 154 Å². The van der Waals surface area contributed by atoms with Crippen molar-refractivity contribution in [2.75, 3.05) is 0 Å². The quantitative estimate of drug-likeness (QED) is 0.281. The van der Waals surface area contributed by atoms with E-state index in [4.69, 9.17) is 16.6 Å². The molecule has 0 bridgehead atoms. The maximum Gasteiger partial charge on any atom is 0.201 e. The molecule has 130 valence electrons. The summed E-state index contributed by atoms with van der Waals surface area (Å²) >= 11 is 5.29. The lowest BCUT2D eigenvalue weighted by Crippen LogP contribution is -1.89. The van der Waals surface area contributed by atoms with Crippen LogP contribution >= 0.6 is 12.2 Å². The Kier molecular flexibility index (Phi) is 4.29. The molecule has 4 rings (SSSR count). The molecular weight excluding hydrogens is 350 g/mol. The van der Waals surface area contributed by atoms with Crippen LogP contribution in [0, 0.1) is 16.3 Å². The number of rotatable bonds is 3. The first-order valence-corrected chi connectivity index (χ1v) is 8.93. The molecule has 0 aliphatic carbocycles. The van der Waals surface area contributed by atoms with Gasteiger partial charge in [-0.1, -0.05) is 49.7 Å². The third-order valence-corrected chi connectivity index (χ3v) is 4.90. The number of halogens is 2. The van der Waals surface area contributed by atoms with Crippen LogP contribution in [0.3, 0.4) is 0 Å². The summed E-state index contributed by atoms with van der Waals surface area (Å²) in [6.45, 7) is 2.16. The van der Waals surface area contributed by atoms with Gasteiger partial charge in [0.05, 0.1) is 0 Å².